The second-order valence-corrected chi connectivity index (χ2v) is 4.47. The van der Waals surface area contributed by atoms with E-state index in [1.165, 1.54) is 0 Å². The minimum atomic E-state index is -0.212. The van der Waals surface area contributed by atoms with Crippen LogP contribution in [0.25, 0.3) is 0 Å². The minimum Gasteiger partial charge on any atom is -0.376 e. The van der Waals surface area contributed by atoms with Crippen LogP contribution in [0.1, 0.15) is 10.5 Å². The number of carbonyl (C=O) groups is 1. The molecule has 0 aromatic carbocycles. The van der Waals surface area contributed by atoms with E-state index in [0.717, 1.165) is 0 Å². The fourth-order valence-corrected chi connectivity index (χ4v) is 2.30. The molecule has 0 spiro atoms. The molecule has 7 heteroatoms. The first-order valence-corrected chi connectivity index (χ1v) is 6.09. The molecule has 1 aromatic heterocycles. The van der Waals surface area contributed by atoms with E-state index in [1.807, 2.05) is 0 Å². The molecule has 1 amide bonds. The van der Waals surface area contributed by atoms with Crippen molar-refractivity contribution < 1.29 is 19.0 Å². The van der Waals surface area contributed by atoms with Gasteiger partial charge >= 0.3 is 0 Å². The first-order chi connectivity index (χ1) is 9.19. The van der Waals surface area contributed by atoms with Crippen molar-refractivity contribution in [3.05, 3.63) is 18.0 Å². The number of carbonyl (C=O) groups excluding carboxylic acids is 1. The third-order valence-electron chi connectivity index (χ3n) is 3.44. The number of H-pyrrole nitrogens is 1. The zero-order valence-electron chi connectivity index (χ0n) is 11.3. The number of methoxy groups -OCH3 is 2. The Labute approximate surface area is 111 Å². The van der Waals surface area contributed by atoms with Gasteiger partial charge in [-0.3, -0.25) is 9.89 Å². The van der Waals surface area contributed by atoms with Gasteiger partial charge in [0.15, 0.2) is 0 Å². The molecule has 1 N–H and O–H groups in total. The summed E-state index contributed by atoms with van der Waals surface area (Å²) in [6, 6.07) is 1.44. The Bertz CT molecular complexity index is 409. The SMILES string of the molecule is CO[C@H]1[C@H](N(C)C(=O)c2ccn[nH]2)COC[C@H]1OC. The summed E-state index contributed by atoms with van der Waals surface area (Å²) in [5, 5.41) is 6.44. The van der Waals surface area contributed by atoms with E-state index in [1.54, 1.807) is 38.4 Å². The number of hydrogen-bond donors (Lipinski definition) is 1. The first kappa shape index (κ1) is 14.0. The number of likely N-dealkylation sites (N-methyl/N-ethyl adjacent to an activating group) is 1. The number of amides is 1. The molecule has 1 aromatic rings. The second kappa shape index (κ2) is 6.14. The Balaban J connectivity index is 2.12. The summed E-state index contributed by atoms with van der Waals surface area (Å²) in [5.41, 5.74) is 0.442. The molecule has 0 bridgehead atoms. The lowest BCUT2D eigenvalue weighted by atomic mass is 10.0. The molecule has 2 heterocycles. The molecule has 1 aliphatic heterocycles. The van der Waals surface area contributed by atoms with Gasteiger partial charge in [0.2, 0.25) is 0 Å². The van der Waals surface area contributed by atoms with Crippen LogP contribution in [-0.4, -0.2) is 73.7 Å². The zero-order valence-corrected chi connectivity index (χ0v) is 11.3. The number of aromatic nitrogens is 2. The normalized spacial score (nSPS) is 27.2. The number of aromatic amines is 1. The van der Waals surface area contributed by atoms with Crippen molar-refractivity contribution in [2.45, 2.75) is 18.2 Å². The van der Waals surface area contributed by atoms with Crippen LogP contribution >= 0.6 is 0 Å². The summed E-state index contributed by atoms with van der Waals surface area (Å²) in [6.45, 7) is 0.895. The standard InChI is InChI=1S/C12H19N3O4/c1-15(12(16)8-4-5-13-14-8)9-6-19-7-10(17-2)11(9)18-3/h4-5,9-11H,6-7H2,1-3H3,(H,13,14)/t9-,10-,11+/m1/s1. The molecule has 0 saturated carbocycles. The fraction of sp³-hybridized carbons (Fsp3) is 0.667. The highest BCUT2D eigenvalue weighted by molar-refractivity contribution is 5.92. The first-order valence-electron chi connectivity index (χ1n) is 6.09. The van der Waals surface area contributed by atoms with Crippen LogP contribution in [0.3, 0.4) is 0 Å². The van der Waals surface area contributed by atoms with Crippen LogP contribution in [0.15, 0.2) is 12.3 Å². The largest absolute Gasteiger partial charge is 0.376 e. The summed E-state index contributed by atoms with van der Waals surface area (Å²) in [6.07, 6.45) is 1.15. The van der Waals surface area contributed by atoms with Crippen LogP contribution in [0.4, 0.5) is 0 Å². The van der Waals surface area contributed by atoms with Crippen molar-refractivity contribution in [3.63, 3.8) is 0 Å². The van der Waals surface area contributed by atoms with Crippen molar-refractivity contribution >= 4 is 5.91 Å². The molecule has 0 radical (unpaired) electrons. The van der Waals surface area contributed by atoms with Crippen molar-refractivity contribution in [2.24, 2.45) is 0 Å². The van der Waals surface area contributed by atoms with Crippen LogP contribution in [0, 0.1) is 0 Å². The highest BCUT2D eigenvalue weighted by Crippen LogP contribution is 2.19. The molecule has 7 nitrogen and oxygen atoms in total. The Morgan fingerprint density at radius 1 is 1.47 bits per heavy atom. The van der Waals surface area contributed by atoms with Gasteiger partial charge in [0.1, 0.15) is 17.9 Å². The maximum atomic E-state index is 12.3. The Kier molecular flexibility index (Phi) is 4.52. The maximum Gasteiger partial charge on any atom is 0.272 e. The monoisotopic (exact) mass is 269 g/mol. The Morgan fingerprint density at radius 2 is 2.26 bits per heavy atom. The lowest BCUT2D eigenvalue weighted by Gasteiger charge is -2.40. The molecule has 1 fully saturated rings. The van der Waals surface area contributed by atoms with Gasteiger partial charge in [-0.2, -0.15) is 5.10 Å². The van der Waals surface area contributed by atoms with E-state index in [9.17, 15) is 4.79 Å². The number of hydrogen-bond acceptors (Lipinski definition) is 5. The molecule has 19 heavy (non-hydrogen) atoms. The lowest BCUT2D eigenvalue weighted by molar-refractivity contribution is -0.147. The zero-order chi connectivity index (χ0) is 13.8. The van der Waals surface area contributed by atoms with Gasteiger partial charge in [-0.25, -0.2) is 0 Å². The van der Waals surface area contributed by atoms with Crippen molar-refractivity contribution in [1.29, 1.82) is 0 Å². The predicted octanol–water partition coefficient (Wildman–Crippen LogP) is -0.0895. The van der Waals surface area contributed by atoms with Gasteiger partial charge in [-0.15, -0.1) is 0 Å². The molecule has 2 rings (SSSR count). The quantitative estimate of drug-likeness (QED) is 0.826. The van der Waals surface area contributed by atoms with E-state index in [0.29, 0.717) is 18.9 Å². The molecular weight excluding hydrogens is 250 g/mol. The van der Waals surface area contributed by atoms with E-state index < -0.39 is 0 Å². The van der Waals surface area contributed by atoms with Gasteiger partial charge < -0.3 is 19.1 Å². The van der Waals surface area contributed by atoms with Crippen molar-refractivity contribution in [1.82, 2.24) is 15.1 Å². The lowest BCUT2D eigenvalue weighted by Crippen LogP contribution is -2.57. The highest BCUT2D eigenvalue weighted by Gasteiger charge is 2.38. The average Bonchev–Trinajstić information content (AvgIpc) is 2.98. The van der Waals surface area contributed by atoms with Crippen molar-refractivity contribution in [2.75, 3.05) is 34.5 Å². The number of ether oxygens (including phenoxy) is 3. The maximum absolute atomic E-state index is 12.3. The molecule has 1 saturated heterocycles. The second-order valence-electron chi connectivity index (χ2n) is 4.47. The molecular formula is C12H19N3O4. The van der Waals surface area contributed by atoms with E-state index in [4.69, 9.17) is 14.2 Å². The fourth-order valence-electron chi connectivity index (χ4n) is 2.30. The molecule has 1 aliphatic rings. The highest BCUT2D eigenvalue weighted by atomic mass is 16.6. The molecule has 106 valence electrons. The third-order valence-corrected chi connectivity index (χ3v) is 3.44. The van der Waals surface area contributed by atoms with Gasteiger partial charge in [0.05, 0.1) is 19.3 Å². The van der Waals surface area contributed by atoms with E-state index in [2.05, 4.69) is 10.2 Å². The third kappa shape index (κ3) is 2.78. The van der Waals surface area contributed by atoms with E-state index in [-0.39, 0.29) is 24.2 Å². The average molecular weight is 269 g/mol. The van der Waals surface area contributed by atoms with Crippen molar-refractivity contribution in [3.8, 4) is 0 Å². The summed E-state index contributed by atoms with van der Waals surface area (Å²) in [5.74, 6) is -0.148. The molecule has 0 unspecified atom stereocenters. The Morgan fingerprint density at radius 3 is 2.84 bits per heavy atom. The smallest absolute Gasteiger partial charge is 0.272 e. The summed E-state index contributed by atoms with van der Waals surface area (Å²) < 4.78 is 16.3. The topological polar surface area (TPSA) is 76.7 Å². The van der Waals surface area contributed by atoms with Gasteiger partial charge in [0.25, 0.3) is 5.91 Å². The van der Waals surface area contributed by atoms with Crippen LogP contribution in [0.5, 0.6) is 0 Å². The van der Waals surface area contributed by atoms with Crippen LogP contribution in [0.2, 0.25) is 0 Å². The summed E-state index contributed by atoms with van der Waals surface area (Å²) >= 11 is 0. The summed E-state index contributed by atoms with van der Waals surface area (Å²) in [7, 11) is 4.95. The van der Waals surface area contributed by atoms with Crippen LogP contribution in [-0.2, 0) is 14.2 Å². The van der Waals surface area contributed by atoms with E-state index >= 15 is 0 Å². The van der Waals surface area contributed by atoms with Gasteiger partial charge in [0, 0.05) is 27.5 Å². The Hall–Kier alpha value is -1.44. The number of nitrogens with one attached hydrogen (secondary N) is 1. The van der Waals surface area contributed by atoms with Gasteiger partial charge in [-0.05, 0) is 6.07 Å². The van der Waals surface area contributed by atoms with Gasteiger partial charge in [-0.1, -0.05) is 0 Å². The van der Waals surface area contributed by atoms with Crippen LogP contribution < -0.4 is 0 Å². The number of nitrogens with zero attached hydrogens (tertiary/aromatic N) is 2. The predicted molar refractivity (Wildman–Crippen MR) is 66.9 cm³/mol. The molecule has 0 aliphatic carbocycles. The number of rotatable bonds is 4. The summed E-state index contributed by atoms with van der Waals surface area (Å²) in [4.78, 5) is 13.9. The molecule has 3 atom stereocenters. The minimum absolute atomic E-state index is 0.148.